The molecule has 0 saturated carbocycles. The predicted octanol–water partition coefficient (Wildman–Crippen LogP) is 4.11. The Balaban J connectivity index is 1.62. The van der Waals surface area contributed by atoms with Gasteiger partial charge < -0.3 is 10.6 Å². The van der Waals surface area contributed by atoms with Crippen molar-refractivity contribution in [3.8, 4) is 0 Å². The average molecular weight is 353 g/mol. The van der Waals surface area contributed by atoms with Crippen LogP contribution in [0, 0.1) is 6.92 Å². The van der Waals surface area contributed by atoms with E-state index in [1.807, 2.05) is 43.3 Å². The van der Waals surface area contributed by atoms with E-state index in [-0.39, 0.29) is 5.91 Å². The Morgan fingerprint density at radius 3 is 2.60 bits per heavy atom. The van der Waals surface area contributed by atoms with Gasteiger partial charge >= 0.3 is 0 Å². The summed E-state index contributed by atoms with van der Waals surface area (Å²) in [5.41, 5.74) is 4.14. The number of pyridine rings is 2. The van der Waals surface area contributed by atoms with Gasteiger partial charge in [0.05, 0.1) is 11.9 Å². The van der Waals surface area contributed by atoms with Gasteiger partial charge in [-0.15, -0.1) is 0 Å². The van der Waals surface area contributed by atoms with Crippen LogP contribution in [0.15, 0.2) is 61.1 Å². The van der Waals surface area contributed by atoms with E-state index in [9.17, 15) is 4.79 Å². The molecular formula is C19H17ClN4O. The maximum atomic E-state index is 12.2. The molecule has 0 aliphatic rings. The van der Waals surface area contributed by atoms with Gasteiger partial charge in [0.2, 0.25) is 0 Å². The van der Waals surface area contributed by atoms with Gasteiger partial charge in [0, 0.05) is 29.6 Å². The van der Waals surface area contributed by atoms with Crippen molar-refractivity contribution in [1.29, 1.82) is 0 Å². The lowest BCUT2D eigenvalue weighted by Crippen LogP contribution is -2.23. The number of hydrogen-bond acceptors (Lipinski definition) is 4. The molecule has 1 amide bonds. The second-order valence-corrected chi connectivity index (χ2v) is 5.99. The van der Waals surface area contributed by atoms with Gasteiger partial charge in [-0.1, -0.05) is 11.6 Å². The van der Waals surface area contributed by atoms with Gasteiger partial charge in [0.25, 0.3) is 5.91 Å². The van der Waals surface area contributed by atoms with Crippen molar-refractivity contribution in [2.75, 3.05) is 5.32 Å². The van der Waals surface area contributed by atoms with E-state index in [0.29, 0.717) is 17.3 Å². The van der Waals surface area contributed by atoms with Crippen molar-refractivity contribution >= 4 is 28.9 Å². The quantitative estimate of drug-likeness (QED) is 0.725. The molecule has 2 heterocycles. The van der Waals surface area contributed by atoms with Crippen LogP contribution < -0.4 is 10.6 Å². The SMILES string of the molecule is Cc1cc(Cl)ccc1Nc1ccc(C(=O)NCc2ccncc2)nc1. The molecule has 2 N–H and O–H groups in total. The third-order valence-electron chi connectivity index (χ3n) is 3.67. The maximum absolute atomic E-state index is 12.2. The Hall–Kier alpha value is -2.92. The van der Waals surface area contributed by atoms with Crippen LogP contribution in [-0.4, -0.2) is 15.9 Å². The van der Waals surface area contributed by atoms with E-state index in [1.54, 1.807) is 24.7 Å². The summed E-state index contributed by atoms with van der Waals surface area (Å²) in [5, 5.41) is 6.80. The van der Waals surface area contributed by atoms with Gasteiger partial charge in [-0.3, -0.25) is 9.78 Å². The number of nitrogens with one attached hydrogen (secondary N) is 2. The van der Waals surface area contributed by atoms with Crippen molar-refractivity contribution < 1.29 is 4.79 Å². The molecule has 3 rings (SSSR count). The normalized spacial score (nSPS) is 10.3. The molecule has 3 aromatic rings. The standard InChI is InChI=1S/C19H17ClN4O/c1-13-10-15(20)2-4-17(13)24-16-3-5-18(22-12-16)19(25)23-11-14-6-8-21-9-7-14/h2-10,12,24H,11H2,1H3,(H,23,25). The lowest BCUT2D eigenvalue weighted by atomic mass is 10.2. The number of benzene rings is 1. The van der Waals surface area contributed by atoms with Crippen LogP contribution >= 0.6 is 11.6 Å². The van der Waals surface area contributed by atoms with Gasteiger partial charge in [-0.05, 0) is 60.5 Å². The third-order valence-corrected chi connectivity index (χ3v) is 3.90. The van der Waals surface area contributed by atoms with Gasteiger partial charge in [0.1, 0.15) is 5.69 Å². The molecule has 1 aromatic carbocycles. The first kappa shape index (κ1) is 16.9. The zero-order valence-corrected chi connectivity index (χ0v) is 14.4. The zero-order valence-electron chi connectivity index (χ0n) is 13.7. The second kappa shape index (κ2) is 7.77. The fourth-order valence-corrected chi connectivity index (χ4v) is 2.53. The first-order valence-corrected chi connectivity index (χ1v) is 8.16. The summed E-state index contributed by atoms with van der Waals surface area (Å²) in [4.78, 5) is 20.3. The fraction of sp³-hybridized carbons (Fsp3) is 0.105. The summed E-state index contributed by atoms with van der Waals surface area (Å²) in [6.45, 7) is 2.41. The van der Waals surface area contributed by atoms with E-state index < -0.39 is 0 Å². The van der Waals surface area contributed by atoms with Crippen molar-refractivity contribution in [3.63, 3.8) is 0 Å². The monoisotopic (exact) mass is 352 g/mol. The number of aromatic nitrogens is 2. The first-order valence-electron chi connectivity index (χ1n) is 7.78. The fourth-order valence-electron chi connectivity index (χ4n) is 2.30. The molecule has 5 nitrogen and oxygen atoms in total. The predicted molar refractivity (Wildman–Crippen MR) is 99.1 cm³/mol. The van der Waals surface area contributed by atoms with Crippen LogP contribution in [0.5, 0.6) is 0 Å². The van der Waals surface area contributed by atoms with E-state index in [0.717, 1.165) is 22.5 Å². The number of rotatable bonds is 5. The summed E-state index contributed by atoms with van der Waals surface area (Å²) >= 11 is 5.96. The number of aryl methyl sites for hydroxylation is 1. The number of hydrogen-bond donors (Lipinski definition) is 2. The first-order chi connectivity index (χ1) is 12.1. The Labute approximate surface area is 151 Å². The Kier molecular flexibility index (Phi) is 5.26. The summed E-state index contributed by atoms with van der Waals surface area (Å²) in [6, 6.07) is 12.8. The summed E-state index contributed by atoms with van der Waals surface area (Å²) in [7, 11) is 0. The van der Waals surface area contributed by atoms with E-state index in [4.69, 9.17) is 11.6 Å². The highest BCUT2D eigenvalue weighted by atomic mass is 35.5. The van der Waals surface area contributed by atoms with Crippen LogP contribution in [0.25, 0.3) is 0 Å². The summed E-state index contributed by atoms with van der Waals surface area (Å²) in [5.74, 6) is -0.217. The Morgan fingerprint density at radius 1 is 1.12 bits per heavy atom. The highest BCUT2D eigenvalue weighted by molar-refractivity contribution is 6.30. The molecule has 0 radical (unpaired) electrons. The summed E-state index contributed by atoms with van der Waals surface area (Å²) < 4.78 is 0. The smallest absolute Gasteiger partial charge is 0.270 e. The molecule has 0 aliphatic heterocycles. The topological polar surface area (TPSA) is 66.9 Å². The van der Waals surface area contributed by atoms with Gasteiger partial charge in [0.15, 0.2) is 0 Å². The molecule has 0 spiro atoms. The molecule has 25 heavy (non-hydrogen) atoms. The van der Waals surface area contributed by atoms with Crippen molar-refractivity contribution in [3.05, 3.63) is 82.9 Å². The van der Waals surface area contributed by atoms with Gasteiger partial charge in [-0.2, -0.15) is 0 Å². The second-order valence-electron chi connectivity index (χ2n) is 5.55. The zero-order chi connectivity index (χ0) is 17.6. The number of carbonyl (C=O) groups excluding carboxylic acids is 1. The van der Waals surface area contributed by atoms with Crippen LogP contribution in [0.1, 0.15) is 21.6 Å². The summed E-state index contributed by atoms with van der Waals surface area (Å²) in [6.07, 6.45) is 5.02. The Morgan fingerprint density at radius 2 is 1.92 bits per heavy atom. The molecule has 0 atom stereocenters. The molecule has 0 unspecified atom stereocenters. The molecule has 0 aliphatic carbocycles. The number of halogens is 1. The third kappa shape index (κ3) is 4.55. The average Bonchev–Trinajstić information content (AvgIpc) is 2.63. The van der Waals surface area contributed by atoms with Crippen LogP contribution in [-0.2, 0) is 6.54 Å². The molecule has 2 aromatic heterocycles. The van der Waals surface area contributed by atoms with Crippen molar-refractivity contribution in [1.82, 2.24) is 15.3 Å². The minimum absolute atomic E-state index is 0.217. The van der Waals surface area contributed by atoms with Crippen LogP contribution in [0.2, 0.25) is 5.02 Å². The van der Waals surface area contributed by atoms with E-state index in [2.05, 4.69) is 20.6 Å². The minimum atomic E-state index is -0.217. The van der Waals surface area contributed by atoms with E-state index in [1.165, 1.54) is 0 Å². The van der Waals surface area contributed by atoms with Crippen LogP contribution in [0.3, 0.4) is 0 Å². The largest absolute Gasteiger partial charge is 0.354 e. The molecule has 126 valence electrons. The molecule has 6 heteroatoms. The molecule has 0 fully saturated rings. The molecular weight excluding hydrogens is 336 g/mol. The number of carbonyl (C=O) groups is 1. The highest BCUT2D eigenvalue weighted by Crippen LogP contribution is 2.23. The maximum Gasteiger partial charge on any atom is 0.270 e. The van der Waals surface area contributed by atoms with Crippen molar-refractivity contribution in [2.24, 2.45) is 0 Å². The minimum Gasteiger partial charge on any atom is -0.354 e. The lowest BCUT2D eigenvalue weighted by molar-refractivity contribution is 0.0946. The molecule has 0 bridgehead atoms. The van der Waals surface area contributed by atoms with Crippen LogP contribution in [0.4, 0.5) is 11.4 Å². The van der Waals surface area contributed by atoms with Crippen molar-refractivity contribution in [2.45, 2.75) is 13.5 Å². The number of anilines is 2. The lowest BCUT2D eigenvalue weighted by Gasteiger charge is -2.10. The van der Waals surface area contributed by atoms with Gasteiger partial charge in [-0.25, -0.2) is 4.98 Å². The number of amides is 1. The number of nitrogens with zero attached hydrogens (tertiary/aromatic N) is 2. The molecule has 0 saturated heterocycles. The van der Waals surface area contributed by atoms with E-state index >= 15 is 0 Å². The Bertz CT molecular complexity index is 866. The highest BCUT2D eigenvalue weighted by Gasteiger charge is 2.07.